The zero-order valence-electron chi connectivity index (χ0n) is 12.6. The first-order chi connectivity index (χ1) is 10.9. The Balaban J connectivity index is 2.17. The summed E-state index contributed by atoms with van der Waals surface area (Å²) in [7, 11) is 0. The van der Waals surface area contributed by atoms with Gasteiger partial charge in [0.15, 0.2) is 5.78 Å². The third-order valence-electron chi connectivity index (χ3n) is 4.39. The lowest BCUT2D eigenvalue weighted by Crippen LogP contribution is -2.36. The number of allylic oxidation sites excluding steroid dienone is 1. The molecule has 0 fully saturated rings. The molecule has 122 valence electrons. The second-order valence-electron chi connectivity index (χ2n) is 5.98. The number of carboxylic acid groups (broad SMARTS) is 1. The summed E-state index contributed by atoms with van der Waals surface area (Å²) < 4.78 is 6.19. The van der Waals surface area contributed by atoms with Crippen LogP contribution in [-0.4, -0.2) is 22.5 Å². The van der Waals surface area contributed by atoms with Crippen molar-refractivity contribution in [1.29, 1.82) is 0 Å². The minimum Gasteiger partial charge on any atom is -0.482 e. The molecule has 1 aliphatic carbocycles. The van der Waals surface area contributed by atoms with Gasteiger partial charge in [0.05, 0.1) is 16.5 Å². The Bertz CT molecular complexity index is 739. The summed E-state index contributed by atoms with van der Waals surface area (Å²) >= 11 is 12.6. The minimum absolute atomic E-state index is 0.0463. The van der Waals surface area contributed by atoms with Crippen LogP contribution in [0.1, 0.15) is 43.7 Å². The van der Waals surface area contributed by atoms with E-state index in [4.69, 9.17) is 33.0 Å². The molecule has 1 aromatic rings. The van der Waals surface area contributed by atoms with Crippen molar-refractivity contribution < 1.29 is 19.4 Å². The molecule has 0 saturated heterocycles. The van der Waals surface area contributed by atoms with Crippen LogP contribution in [0.4, 0.5) is 0 Å². The van der Waals surface area contributed by atoms with Gasteiger partial charge in [-0.2, -0.15) is 0 Å². The Kier molecular flexibility index (Phi) is 4.15. The highest BCUT2D eigenvalue weighted by atomic mass is 35.5. The van der Waals surface area contributed by atoms with E-state index in [0.29, 0.717) is 29.7 Å². The van der Waals surface area contributed by atoms with Gasteiger partial charge in [-0.1, -0.05) is 36.5 Å². The molecule has 3 rings (SSSR count). The number of ketones is 1. The van der Waals surface area contributed by atoms with Crippen molar-refractivity contribution in [3.63, 3.8) is 0 Å². The summed E-state index contributed by atoms with van der Waals surface area (Å²) in [5.41, 5.74) is 1.27. The van der Waals surface area contributed by atoms with Gasteiger partial charge < -0.3 is 9.84 Å². The molecular weight excluding hydrogens is 339 g/mol. The highest BCUT2D eigenvalue weighted by molar-refractivity contribution is 6.44. The van der Waals surface area contributed by atoms with Crippen LogP contribution < -0.4 is 4.74 Å². The van der Waals surface area contributed by atoms with E-state index in [0.717, 1.165) is 18.4 Å². The average molecular weight is 355 g/mol. The molecule has 1 aromatic carbocycles. The van der Waals surface area contributed by atoms with E-state index in [1.165, 1.54) is 0 Å². The standard InChI is InChI=1S/C17H16Cl2O4/c1-2-4-17-5-3-10(20)8-11(17)14-12(23-17)6-9(7-13(21)22)15(18)16(14)19/h6,8H,2-5,7H2,1H3,(H,21,22). The fourth-order valence-corrected chi connectivity index (χ4v) is 3.96. The lowest BCUT2D eigenvalue weighted by molar-refractivity contribution is -0.136. The van der Waals surface area contributed by atoms with Crippen LogP contribution in [0.3, 0.4) is 0 Å². The Morgan fingerprint density at radius 1 is 1.39 bits per heavy atom. The van der Waals surface area contributed by atoms with Crippen LogP contribution in [0.2, 0.25) is 10.0 Å². The van der Waals surface area contributed by atoms with Gasteiger partial charge in [-0.05, 0) is 30.5 Å². The molecule has 0 aromatic heterocycles. The van der Waals surface area contributed by atoms with Crippen LogP contribution >= 0.6 is 23.2 Å². The fraction of sp³-hybridized carbons (Fsp3) is 0.412. The van der Waals surface area contributed by atoms with Crippen LogP contribution in [0.5, 0.6) is 5.75 Å². The first kappa shape index (κ1) is 16.3. The highest BCUT2D eigenvalue weighted by Crippen LogP contribution is 2.55. The molecule has 6 heteroatoms. The molecule has 23 heavy (non-hydrogen) atoms. The number of fused-ring (bicyclic) bond motifs is 3. The fourth-order valence-electron chi connectivity index (χ4n) is 3.43. The van der Waals surface area contributed by atoms with Crippen LogP contribution in [0, 0.1) is 0 Å². The number of hydrogen-bond acceptors (Lipinski definition) is 3. The van der Waals surface area contributed by atoms with Gasteiger partial charge in [-0.25, -0.2) is 0 Å². The molecule has 1 N–H and O–H groups in total. The normalized spacial score (nSPS) is 22.2. The van der Waals surface area contributed by atoms with Crippen LogP contribution in [-0.2, 0) is 16.0 Å². The van der Waals surface area contributed by atoms with E-state index >= 15 is 0 Å². The van der Waals surface area contributed by atoms with E-state index in [-0.39, 0.29) is 22.2 Å². The first-order valence-electron chi connectivity index (χ1n) is 7.55. The number of aliphatic carboxylic acids is 1. The molecule has 2 aliphatic rings. The smallest absolute Gasteiger partial charge is 0.307 e. The number of rotatable bonds is 4. The van der Waals surface area contributed by atoms with Crippen molar-refractivity contribution in [2.24, 2.45) is 0 Å². The topological polar surface area (TPSA) is 63.6 Å². The predicted molar refractivity (Wildman–Crippen MR) is 88.3 cm³/mol. The van der Waals surface area contributed by atoms with Gasteiger partial charge in [0, 0.05) is 17.6 Å². The number of halogens is 2. The number of carbonyl (C=O) groups is 2. The quantitative estimate of drug-likeness (QED) is 0.875. The number of benzene rings is 1. The zero-order chi connectivity index (χ0) is 16.8. The second kappa shape index (κ2) is 5.84. The van der Waals surface area contributed by atoms with Crippen molar-refractivity contribution in [2.45, 2.75) is 44.6 Å². The van der Waals surface area contributed by atoms with E-state index in [1.807, 2.05) is 0 Å². The Hall–Kier alpha value is -1.52. The molecule has 1 aliphatic heterocycles. The maximum Gasteiger partial charge on any atom is 0.307 e. The number of ether oxygens (including phenoxy) is 1. The molecule has 1 atom stereocenters. The zero-order valence-corrected chi connectivity index (χ0v) is 14.1. The molecule has 0 radical (unpaired) electrons. The van der Waals surface area contributed by atoms with Crippen LogP contribution in [0.15, 0.2) is 12.1 Å². The largest absolute Gasteiger partial charge is 0.482 e. The number of carboxylic acids is 1. The van der Waals surface area contributed by atoms with E-state index < -0.39 is 11.6 Å². The monoisotopic (exact) mass is 354 g/mol. The summed E-state index contributed by atoms with van der Waals surface area (Å²) in [6, 6.07) is 1.64. The molecule has 0 spiro atoms. The van der Waals surface area contributed by atoms with Gasteiger partial charge in [-0.3, -0.25) is 9.59 Å². The Morgan fingerprint density at radius 3 is 2.78 bits per heavy atom. The molecule has 0 bridgehead atoms. The molecular formula is C17H16Cl2O4. The van der Waals surface area contributed by atoms with Gasteiger partial charge in [-0.15, -0.1) is 0 Å². The van der Waals surface area contributed by atoms with Crippen molar-refractivity contribution in [2.75, 3.05) is 0 Å². The van der Waals surface area contributed by atoms with Crippen molar-refractivity contribution >= 4 is 40.5 Å². The number of carbonyl (C=O) groups excluding carboxylic acids is 1. The Morgan fingerprint density at radius 2 is 2.13 bits per heavy atom. The third kappa shape index (κ3) is 2.64. The lowest BCUT2D eigenvalue weighted by atomic mass is 9.78. The van der Waals surface area contributed by atoms with E-state index in [1.54, 1.807) is 12.1 Å². The molecule has 1 unspecified atom stereocenters. The van der Waals surface area contributed by atoms with Crippen molar-refractivity contribution in [1.82, 2.24) is 0 Å². The summed E-state index contributed by atoms with van der Waals surface area (Å²) in [5, 5.41) is 9.48. The SMILES string of the molecule is CCCC12CCC(=O)C=C1c1c(cc(CC(=O)O)c(Cl)c1Cl)O2. The number of hydrogen-bond donors (Lipinski definition) is 1. The van der Waals surface area contributed by atoms with Gasteiger partial charge in [0.25, 0.3) is 0 Å². The molecule has 0 amide bonds. The summed E-state index contributed by atoms with van der Waals surface area (Å²) in [4.78, 5) is 22.9. The predicted octanol–water partition coefficient (Wildman–Crippen LogP) is 4.30. The van der Waals surface area contributed by atoms with Gasteiger partial charge in [0.1, 0.15) is 11.4 Å². The molecule has 0 saturated carbocycles. The third-order valence-corrected chi connectivity index (χ3v) is 5.29. The maximum atomic E-state index is 11.9. The maximum absolute atomic E-state index is 11.9. The van der Waals surface area contributed by atoms with Gasteiger partial charge >= 0.3 is 5.97 Å². The van der Waals surface area contributed by atoms with E-state index in [2.05, 4.69) is 6.92 Å². The Labute approximate surface area is 144 Å². The van der Waals surface area contributed by atoms with E-state index in [9.17, 15) is 9.59 Å². The average Bonchev–Trinajstić information content (AvgIpc) is 2.78. The minimum atomic E-state index is -0.990. The van der Waals surface area contributed by atoms with Crippen molar-refractivity contribution in [3.05, 3.63) is 33.3 Å². The van der Waals surface area contributed by atoms with Crippen molar-refractivity contribution in [3.8, 4) is 5.75 Å². The van der Waals surface area contributed by atoms with Crippen LogP contribution in [0.25, 0.3) is 5.57 Å². The molecule has 1 heterocycles. The summed E-state index contributed by atoms with van der Waals surface area (Å²) in [6.45, 7) is 2.06. The highest BCUT2D eigenvalue weighted by Gasteiger charge is 2.47. The lowest BCUT2D eigenvalue weighted by Gasteiger charge is -2.32. The summed E-state index contributed by atoms with van der Waals surface area (Å²) in [5.74, 6) is -0.425. The molecule has 4 nitrogen and oxygen atoms in total. The van der Waals surface area contributed by atoms with Gasteiger partial charge in [0.2, 0.25) is 0 Å². The second-order valence-corrected chi connectivity index (χ2v) is 6.73. The first-order valence-corrected chi connectivity index (χ1v) is 8.30. The summed E-state index contributed by atoms with van der Waals surface area (Å²) in [6.07, 6.45) is 4.07.